The highest BCUT2D eigenvalue weighted by Gasteiger charge is 2.10. The summed E-state index contributed by atoms with van der Waals surface area (Å²) in [4.78, 5) is 19.7. The van der Waals surface area contributed by atoms with E-state index in [0.717, 1.165) is 17.0 Å². The van der Waals surface area contributed by atoms with Gasteiger partial charge in [-0.1, -0.05) is 6.07 Å². The van der Waals surface area contributed by atoms with E-state index < -0.39 is 5.82 Å². The molecule has 118 valence electrons. The number of nitrogens with zero attached hydrogens (tertiary/aromatic N) is 1. The van der Waals surface area contributed by atoms with Crippen LogP contribution in [-0.2, 0) is 6.54 Å². The minimum absolute atomic E-state index is 0.0589. The lowest BCUT2D eigenvalue weighted by molar-refractivity contribution is 0.553. The number of fused-ring (bicyclic) bond motifs is 1. The van der Waals surface area contributed by atoms with Crippen LogP contribution in [0.4, 0.5) is 4.39 Å². The van der Waals surface area contributed by atoms with Crippen LogP contribution in [0.25, 0.3) is 10.9 Å². The molecular weight excluding hydrogens is 293 g/mol. The lowest BCUT2D eigenvalue weighted by Crippen LogP contribution is -2.21. The Morgan fingerprint density at radius 3 is 2.91 bits per heavy atom. The zero-order valence-electron chi connectivity index (χ0n) is 13.1. The number of hydrogen-bond donors (Lipinski definition) is 2. The largest absolute Gasteiger partial charge is 0.357 e. The number of aromatic nitrogens is 2. The van der Waals surface area contributed by atoms with E-state index in [9.17, 15) is 9.18 Å². The second kappa shape index (κ2) is 6.30. The number of aromatic amines is 1. The molecule has 0 unspecified atom stereocenters. The standard InChI is InChI=1S/C18H18FN3O/c1-11-4-3-7-20-18(11)12(2)21-10-14-9-17(23)15-8-13(19)5-6-16(15)22-14/h3-9,12,21H,10H2,1-2H3,(H,22,23)/t12-/m0/s1. The van der Waals surface area contributed by atoms with Gasteiger partial charge in [-0.3, -0.25) is 9.78 Å². The molecule has 0 saturated heterocycles. The third-order valence-corrected chi connectivity index (χ3v) is 3.91. The van der Waals surface area contributed by atoms with E-state index in [4.69, 9.17) is 0 Å². The van der Waals surface area contributed by atoms with Gasteiger partial charge in [-0.2, -0.15) is 0 Å². The van der Waals surface area contributed by atoms with Gasteiger partial charge >= 0.3 is 0 Å². The molecule has 0 fully saturated rings. The molecule has 0 aliphatic rings. The fourth-order valence-corrected chi connectivity index (χ4v) is 2.68. The predicted molar refractivity (Wildman–Crippen MR) is 88.8 cm³/mol. The molecule has 0 spiro atoms. The van der Waals surface area contributed by atoms with Gasteiger partial charge in [0, 0.05) is 41.4 Å². The highest BCUT2D eigenvalue weighted by Crippen LogP contribution is 2.15. The van der Waals surface area contributed by atoms with Gasteiger partial charge in [0.25, 0.3) is 0 Å². The molecular formula is C18H18FN3O. The molecule has 0 saturated carbocycles. The third kappa shape index (κ3) is 3.29. The maximum absolute atomic E-state index is 13.2. The summed E-state index contributed by atoms with van der Waals surface area (Å²) in [6.45, 7) is 4.55. The maximum atomic E-state index is 13.2. The Morgan fingerprint density at radius 2 is 2.13 bits per heavy atom. The fraction of sp³-hybridized carbons (Fsp3) is 0.222. The van der Waals surface area contributed by atoms with E-state index >= 15 is 0 Å². The number of aryl methyl sites for hydroxylation is 1. The van der Waals surface area contributed by atoms with Crippen LogP contribution >= 0.6 is 0 Å². The number of benzene rings is 1. The molecule has 1 aromatic carbocycles. The van der Waals surface area contributed by atoms with Crippen molar-refractivity contribution in [2.45, 2.75) is 26.4 Å². The van der Waals surface area contributed by atoms with Crippen molar-refractivity contribution in [3.05, 3.63) is 75.6 Å². The van der Waals surface area contributed by atoms with Gasteiger partial charge in [0.05, 0.1) is 5.69 Å². The molecule has 1 atom stereocenters. The maximum Gasteiger partial charge on any atom is 0.189 e. The topological polar surface area (TPSA) is 57.8 Å². The monoisotopic (exact) mass is 311 g/mol. The van der Waals surface area contributed by atoms with Crippen LogP contribution in [0.1, 0.15) is 29.9 Å². The number of halogens is 1. The van der Waals surface area contributed by atoms with Gasteiger partial charge in [-0.25, -0.2) is 4.39 Å². The summed E-state index contributed by atoms with van der Waals surface area (Å²) in [7, 11) is 0. The highest BCUT2D eigenvalue weighted by molar-refractivity contribution is 5.78. The van der Waals surface area contributed by atoms with Crippen molar-refractivity contribution in [3.8, 4) is 0 Å². The minimum atomic E-state index is -0.409. The number of pyridine rings is 2. The summed E-state index contributed by atoms with van der Waals surface area (Å²) in [5.74, 6) is -0.409. The van der Waals surface area contributed by atoms with Crippen molar-refractivity contribution < 1.29 is 4.39 Å². The summed E-state index contributed by atoms with van der Waals surface area (Å²) in [6.07, 6.45) is 1.77. The Hall–Kier alpha value is -2.53. The van der Waals surface area contributed by atoms with E-state index in [0.29, 0.717) is 17.4 Å². The summed E-state index contributed by atoms with van der Waals surface area (Å²) < 4.78 is 13.2. The van der Waals surface area contributed by atoms with Gasteiger partial charge in [0.1, 0.15) is 5.82 Å². The Kier molecular flexibility index (Phi) is 4.21. The molecule has 2 aromatic heterocycles. The second-order valence-electron chi connectivity index (χ2n) is 5.66. The van der Waals surface area contributed by atoms with Gasteiger partial charge < -0.3 is 10.3 Å². The second-order valence-corrected chi connectivity index (χ2v) is 5.66. The summed E-state index contributed by atoms with van der Waals surface area (Å²) in [5, 5.41) is 3.72. The van der Waals surface area contributed by atoms with Gasteiger partial charge in [0.2, 0.25) is 0 Å². The van der Waals surface area contributed by atoms with Crippen LogP contribution in [0.3, 0.4) is 0 Å². The molecule has 5 heteroatoms. The number of rotatable bonds is 4. The SMILES string of the molecule is Cc1cccnc1[C@H](C)NCc1cc(=O)c2cc(F)ccc2[nH]1. The first-order valence-corrected chi connectivity index (χ1v) is 7.51. The predicted octanol–water partition coefficient (Wildman–Crippen LogP) is 3.22. The summed E-state index contributed by atoms with van der Waals surface area (Å²) in [6, 6.07) is 9.68. The van der Waals surface area contributed by atoms with Gasteiger partial charge in [0.15, 0.2) is 5.43 Å². The zero-order valence-corrected chi connectivity index (χ0v) is 13.1. The Labute approximate surface area is 133 Å². The zero-order chi connectivity index (χ0) is 16.4. The highest BCUT2D eigenvalue weighted by atomic mass is 19.1. The molecule has 0 bridgehead atoms. The van der Waals surface area contributed by atoms with E-state index in [1.807, 2.05) is 26.0 Å². The molecule has 0 aliphatic heterocycles. The third-order valence-electron chi connectivity index (χ3n) is 3.91. The number of H-pyrrole nitrogens is 1. The first kappa shape index (κ1) is 15.4. The molecule has 23 heavy (non-hydrogen) atoms. The Morgan fingerprint density at radius 1 is 1.30 bits per heavy atom. The Balaban J connectivity index is 1.81. The Bertz CT molecular complexity index is 904. The minimum Gasteiger partial charge on any atom is -0.357 e. The van der Waals surface area contributed by atoms with Crippen molar-refractivity contribution in [3.63, 3.8) is 0 Å². The lowest BCUT2D eigenvalue weighted by atomic mass is 10.1. The van der Waals surface area contributed by atoms with E-state index in [2.05, 4.69) is 15.3 Å². The smallest absolute Gasteiger partial charge is 0.189 e. The van der Waals surface area contributed by atoms with Crippen LogP contribution in [-0.4, -0.2) is 9.97 Å². The molecule has 0 radical (unpaired) electrons. The van der Waals surface area contributed by atoms with E-state index in [1.165, 1.54) is 18.2 Å². The quantitative estimate of drug-likeness (QED) is 0.778. The normalized spacial score (nSPS) is 12.5. The molecule has 2 heterocycles. The van der Waals surface area contributed by atoms with Crippen LogP contribution in [0.5, 0.6) is 0 Å². The molecule has 2 N–H and O–H groups in total. The van der Waals surface area contributed by atoms with Crippen LogP contribution in [0.15, 0.2) is 47.4 Å². The molecule has 3 aromatic rings. The van der Waals surface area contributed by atoms with Gasteiger partial charge in [-0.05, 0) is 43.7 Å². The van der Waals surface area contributed by atoms with Crippen molar-refractivity contribution in [2.75, 3.05) is 0 Å². The first-order chi connectivity index (χ1) is 11.0. The first-order valence-electron chi connectivity index (χ1n) is 7.51. The fourth-order valence-electron chi connectivity index (χ4n) is 2.68. The van der Waals surface area contributed by atoms with E-state index in [1.54, 1.807) is 12.3 Å². The van der Waals surface area contributed by atoms with Crippen LogP contribution in [0, 0.1) is 12.7 Å². The lowest BCUT2D eigenvalue weighted by Gasteiger charge is -2.15. The molecule has 4 nitrogen and oxygen atoms in total. The van der Waals surface area contributed by atoms with Crippen LogP contribution < -0.4 is 10.7 Å². The van der Waals surface area contributed by atoms with Gasteiger partial charge in [-0.15, -0.1) is 0 Å². The summed E-state index contributed by atoms with van der Waals surface area (Å²) in [5.41, 5.74) is 3.32. The summed E-state index contributed by atoms with van der Waals surface area (Å²) >= 11 is 0. The van der Waals surface area contributed by atoms with Crippen molar-refractivity contribution in [1.29, 1.82) is 0 Å². The molecule has 3 rings (SSSR count). The number of hydrogen-bond acceptors (Lipinski definition) is 3. The number of nitrogens with one attached hydrogen (secondary N) is 2. The average Bonchev–Trinajstić information content (AvgIpc) is 2.54. The van der Waals surface area contributed by atoms with E-state index in [-0.39, 0.29) is 11.5 Å². The van der Waals surface area contributed by atoms with Crippen molar-refractivity contribution in [1.82, 2.24) is 15.3 Å². The average molecular weight is 311 g/mol. The molecule has 0 amide bonds. The van der Waals surface area contributed by atoms with Crippen LogP contribution in [0.2, 0.25) is 0 Å². The molecule has 0 aliphatic carbocycles. The van der Waals surface area contributed by atoms with Crippen molar-refractivity contribution >= 4 is 10.9 Å². The van der Waals surface area contributed by atoms with Crippen molar-refractivity contribution in [2.24, 2.45) is 0 Å².